The number of benzene rings is 1. The van der Waals surface area contributed by atoms with Crippen molar-refractivity contribution in [1.82, 2.24) is 19.9 Å². The monoisotopic (exact) mass is 435 g/mol. The quantitative estimate of drug-likeness (QED) is 0.685. The highest BCUT2D eigenvalue weighted by molar-refractivity contribution is 5.86. The number of rotatable bonds is 8. The van der Waals surface area contributed by atoms with Crippen LogP contribution in [0.3, 0.4) is 0 Å². The molecule has 1 amide bonds. The fraction of sp³-hybridized carbons (Fsp3) is 0.591. The van der Waals surface area contributed by atoms with Crippen molar-refractivity contribution in [3.63, 3.8) is 0 Å². The number of hydrogen-bond donors (Lipinski definition) is 1. The van der Waals surface area contributed by atoms with E-state index in [0.29, 0.717) is 11.7 Å². The summed E-state index contributed by atoms with van der Waals surface area (Å²) in [7, 11) is 0. The third-order valence-corrected chi connectivity index (χ3v) is 5.56. The van der Waals surface area contributed by atoms with Gasteiger partial charge in [0.2, 0.25) is 17.6 Å². The zero-order chi connectivity index (χ0) is 20.9. The Hall–Kier alpha value is -1.96. The van der Waals surface area contributed by atoms with Gasteiger partial charge in [-0.1, -0.05) is 48.3 Å². The van der Waals surface area contributed by atoms with Gasteiger partial charge in [0.25, 0.3) is 0 Å². The Bertz CT molecular complexity index is 798. The molecule has 2 heterocycles. The Morgan fingerprint density at radius 2 is 1.87 bits per heavy atom. The molecule has 2 N–H and O–H groups in total. The summed E-state index contributed by atoms with van der Waals surface area (Å²) in [6, 6.07) is 8.12. The van der Waals surface area contributed by atoms with Crippen LogP contribution in [-0.4, -0.2) is 64.1 Å². The first kappa shape index (κ1) is 24.3. The lowest BCUT2D eigenvalue weighted by Gasteiger charge is -2.38. The Kier molecular flexibility index (Phi) is 8.82. The molecule has 8 heteroatoms. The lowest BCUT2D eigenvalue weighted by Crippen LogP contribution is -2.58. The fourth-order valence-corrected chi connectivity index (χ4v) is 3.79. The zero-order valence-electron chi connectivity index (χ0n) is 18.3. The van der Waals surface area contributed by atoms with Crippen molar-refractivity contribution in [2.75, 3.05) is 32.7 Å². The number of carbonyl (C=O) groups is 1. The fourth-order valence-electron chi connectivity index (χ4n) is 3.79. The Balaban J connectivity index is 0.00000320. The van der Waals surface area contributed by atoms with E-state index in [1.807, 2.05) is 36.1 Å². The van der Waals surface area contributed by atoms with Crippen molar-refractivity contribution in [1.29, 1.82) is 0 Å². The molecule has 1 aliphatic rings. The zero-order valence-corrected chi connectivity index (χ0v) is 19.1. The highest BCUT2D eigenvalue weighted by Gasteiger charge is 2.33. The van der Waals surface area contributed by atoms with E-state index in [-0.39, 0.29) is 18.3 Å². The van der Waals surface area contributed by atoms with E-state index in [9.17, 15) is 4.79 Å². The summed E-state index contributed by atoms with van der Waals surface area (Å²) in [5.74, 6) is 1.39. The summed E-state index contributed by atoms with van der Waals surface area (Å²) >= 11 is 0. The predicted octanol–water partition coefficient (Wildman–Crippen LogP) is 3.06. The van der Waals surface area contributed by atoms with Gasteiger partial charge in [0.15, 0.2) is 0 Å². The smallest absolute Gasteiger partial charge is 0.242 e. The number of nitrogens with zero attached hydrogens (tertiary/aromatic N) is 4. The molecule has 0 saturated carbocycles. The van der Waals surface area contributed by atoms with Crippen molar-refractivity contribution >= 4 is 18.3 Å². The molecule has 0 bridgehead atoms. The molecule has 0 spiro atoms. The molecule has 7 nitrogen and oxygen atoms in total. The van der Waals surface area contributed by atoms with Gasteiger partial charge in [-0.2, -0.15) is 4.98 Å². The van der Waals surface area contributed by atoms with Crippen LogP contribution in [0.1, 0.15) is 44.6 Å². The number of aryl methyl sites for hydroxylation is 2. The molecule has 0 aliphatic carbocycles. The van der Waals surface area contributed by atoms with Crippen molar-refractivity contribution in [3.8, 4) is 11.4 Å². The minimum Gasteiger partial charge on any atom is -0.339 e. The summed E-state index contributed by atoms with van der Waals surface area (Å²) in [5.41, 5.74) is 7.64. The van der Waals surface area contributed by atoms with Gasteiger partial charge in [0, 0.05) is 38.2 Å². The molecule has 166 valence electrons. The highest BCUT2D eigenvalue weighted by atomic mass is 35.5. The van der Waals surface area contributed by atoms with Gasteiger partial charge in [-0.25, -0.2) is 0 Å². The van der Waals surface area contributed by atoms with Gasteiger partial charge in [0.1, 0.15) is 0 Å². The average molecular weight is 436 g/mol. The van der Waals surface area contributed by atoms with E-state index in [0.717, 1.165) is 64.0 Å². The topological polar surface area (TPSA) is 88.5 Å². The second kappa shape index (κ2) is 10.9. The first-order valence-corrected chi connectivity index (χ1v) is 10.6. The molecule has 1 atom stereocenters. The second-order valence-corrected chi connectivity index (χ2v) is 8.28. The van der Waals surface area contributed by atoms with Crippen molar-refractivity contribution < 1.29 is 9.32 Å². The van der Waals surface area contributed by atoms with Gasteiger partial charge in [-0.3, -0.25) is 9.69 Å². The van der Waals surface area contributed by atoms with Gasteiger partial charge in [-0.05, 0) is 33.2 Å². The lowest BCUT2D eigenvalue weighted by molar-refractivity contribution is -0.138. The molecule has 1 aromatic heterocycles. The Labute approximate surface area is 185 Å². The number of halogens is 1. The normalized spacial score (nSPS) is 16.7. The predicted molar refractivity (Wildman–Crippen MR) is 121 cm³/mol. The molecular formula is C22H34ClN5O2. The minimum atomic E-state index is -0.746. The number of amides is 1. The second-order valence-electron chi connectivity index (χ2n) is 8.28. The first-order valence-electron chi connectivity index (χ1n) is 10.6. The van der Waals surface area contributed by atoms with Crippen LogP contribution in [0.5, 0.6) is 0 Å². The summed E-state index contributed by atoms with van der Waals surface area (Å²) in [4.78, 5) is 21.4. The van der Waals surface area contributed by atoms with E-state index in [4.69, 9.17) is 10.3 Å². The summed E-state index contributed by atoms with van der Waals surface area (Å²) in [5, 5.41) is 4.09. The van der Waals surface area contributed by atoms with Gasteiger partial charge < -0.3 is 15.2 Å². The van der Waals surface area contributed by atoms with Gasteiger partial charge >= 0.3 is 0 Å². The summed E-state index contributed by atoms with van der Waals surface area (Å²) in [6.45, 7) is 10.2. The number of hydrogen-bond acceptors (Lipinski definition) is 6. The molecular weight excluding hydrogens is 402 g/mol. The number of carbonyl (C=O) groups excluding carboxylic acids is 1. The van der Waals surface area contributed by atoms with Crippen LogP contribution in [0.2, 0.25) is 0 Å². The summed E-state index contributed by atoms with van der Waals surface area (Å²) < 4.78 is 5.40. The third kappa shape index (κ3) is 6.27. The van der Waals surface area contributed by atoms with Crippen LogP contribution < -0.4 is 5.73 Å². The molecule has 1 aliphatic heterocycles. The number of piperazine rings is 1. The van der Waals surface area contributed by atoms with Gasteiger partial charge in [0.05, 0.1) is 5.54 Å². The molecule has 1 saturated heterocycles. The molecule has 1 fully saturated rings. The molecule has 1 aromatic carbocycles. The van der Waals surface area contributed by atoms with E-state index < -0.39 is 5.54 Å². The maximum atomic E-state index is 12.6. The maximum absolute atomic E-state index is 12.6. The summed E-state index contributed by atoms with van der Waals surface area (Å²) in [6.07, 6.45) is 3.35. The molecule has 30 heavy (non-hydrogen) atoms. The number of nitrogens with two attached hydrogens (primary N) is 1. The van der Waals surface area contributed by atoms with E-state index >= 15 is 0 Å². The average Bonchev–Trinajstić information content (AvgIpc) is 3.17. The van der Waals surface area contributed by atoms with E-state index in [1.54, 1.807) is 0 Å². The SMILES string of the molecule is CCCC(C)(N)C(=O)N1CCN(CCCc2nc(-c3ccc(C)cc3)no2)CC1.Cl. The molecule has 2 aromatic rings. The largest absolute Gasteiger partial charge is 0.339 e. The van der Waals surface area contributed by atoms with Gasteiger partial charge in [-0.15, -0.1) is 12.4 Å². The van der Waals surface area contributed by atoms with E-state index in [1.165, 1.54) is 5.56 Å². The van der Waals surface area contributed by atoms with Crippen LogP contribution in [-0.2, 0) is 11.2 Å². The van der Waals surface area contributed by atoms with Crippen LogP contribution in [0, 0.1) is 6.92 Å². The molecule has 3 rings (SSSR count). The first-order chi connectivity index (χ1) is 13.9. The Morgan fingerprint density at radius 3 is 2.50 bits per heavy atom. The van der Waals surface area contributed by atoms with Crippen molar-refractivity contribution in [2.45, 2.75) is 52.0 Å². The highest BCUT2D eigenvalue weighted by Crippen LogP contribution is 2.17. The maximum Gasteiger partial charge on any atom is 0.242 e. The lowest BCUT2D eigenvalue weighted by atomic mass is 9.95. The van der Waals surface area contributed by atoms with E-state index in [2.05, 4.69) is 28.9 Å². The standard InChI is InChI=1S/C22H33N5O2.ClH/c1-4-11-22(3,23)21(28)27-15-13-26(14-16-27)12-5-6-19-24-20(25-29-19)18-9-7-17(2)8-10-18;/h7-10H,4-6,11-16,23H2,1-3H3;1H. The van der Waals surface area contributed by atoms with Crippen LogP contribution in [0.25, 0.3) is 11.4 Å². The minimum absolute atomic E-state index is 0. The van der Waals surface area contributed by atoms with Crippen LogP contribution in [0.15, 0.2) is 28.8 Å². The van der Waals surface area contributed by atoms with Crippen molar-refractivity contribution in [2.24, 2.45) is 5.73 Å². The van der Waals surface area contributed by atoms with Crippen molar-refractivity contribution in [3.05, 3.63) is 35.7 Å². The number of aromatic nitrogens is 2. The third-order valence-electron chi connectivity index (χ3n) is 5.56. The molecule has 1 unspecified atom stereocenters. The molecule has 0 radical (unpaired) electrons. The van der Waals surface area contributed by atoms with Crippen LogP contribution in [0.4, 0.5) is 0 Å². The Morgan fingerprint density at radius 1 is 1.20 bits per heavy atom. The van der Waals surface area contributed by atoms with Crippen LogP contribution >= 0.6 is 12.4 Å².